The van der Waals surface area contributed by atoms with Crippen LogP contribution in [-0.2, 0) is 38.6 Å². The minimum atomic E-state index is -0.949. The molecule has 3 aromatic rings. The molecule has 0 aliphatic heterocycles. The lowest BCUT2D eigenvalue weighted by atomic mass is 9.88. The number of amides is 3. The Balaban J connectivity index is 1.87. The number of likely N-dealkylation sites (N-methyl/N-ethyl adjacent to an activating group) is 1. The number of aryl methyl sites for hydroxylation is 2. The summed E-state index contributed by atoms with van der Waals surface area (Å²) in [6, 6.07) is 20.6. The Morgan fingerprint density at radius 3 is 1.93 bits per heavy atom. The van der Waals surface area contributed by atoms with Gasteiger partial charge >= 0.3 is 0 Å². The molecule has 4 atom stereocenters. The molecule has 0 saturated carbocycles. The van der Waals surface area contributed by atoms with Gasteiger partial charge in [0, 0.05) is 31.7 Å². The topological polar surface area (TPSA) is 190 Å². The van der Waals surface area contributed by atoms with E-state index in [1.54, 1.807) is 7.05 Å². The van der Waals surface area contributed by atoms with Gasteiger partial charge in [0.25, 0.3) is 0 Å². The molecule has 0 heterocycles. The summed E-state index contributed by atoms with van der Waals surface area (Å²) in [6.45, 7) is 9.28. The summed E-state index contributed by atoms with van der Waals surface area (Å²) in [4.78, 5) is 54.6. The second kappa shape index (κ2) is 23.6. The first kappa shape index (κ1) is 44.2. The van der Waals surface area contributed by atoms with Crippen molar-refractivity contribution in [3.8, 4) is 5.75 Å². The number of carbonyl (C=O) groups excluding carboxylic acids is 4. The Kier molecular flexibility index (Phi) is 18.9. The number of ether oxygens (including phenoxy) is 1. The van der Waals surface area contributed by atoms with Crippen molar-refractivity contribution in [3.05, 3.63) is 113 Å². The van der Waals surface area contributed by atoms with Gasteiger partial charge in [0.1, 0.15) is 18.4 Å². The van der Waals surface area contributed by atoms with Gasteiger partial charge < -0.3 is 42.8 Å². The SMILES string of the molecule is C=C(N)NCCC[C@@H](NC)C(=O)N[C@@H](Cc1c(C)cc(OCc2ccccc2)cc1C)C(=O)C[C@@H](CCCCNC)C(=O)N[C@@H](Cc1ccccc1)C(N)=O. The third-order valence-corrected chi connectivity index (χ3v) is 9.71. The van der Waals surface area contributed by atoms with E-state index in [-0.39, 0.29) is 31.0 Å². The smallest absolute Gasteiger partial charge is 0.240 e. The van der Waals surface area contributed by atoms with Gasteiger partial charge in [-0.05, 0) is 100 Å². The molecule has 9 N–H and O–H groups in total. The average molecular weight is 756 g/mol. The summed E-state index contributed by atoms with van der Waals surface area (Å²) >= 11 is 0. The predicted molar refractivity (Wildman–Crippen MR) is 218 cm³/mol. The van der Waals surface area contributed by atoms with E-state index in [0.29, 0.717) is 50.4 Å². The third kappa shape index (κ3) is 15.6. The summed E-state index contributed by atoms with van der Waals surface area (Å²) in [5.74, 6) is -1.36. The Bertz CT molecular complexity index is 1660. The van der Waals surface area contributed by atoms with Crippen LogP contribution in [0.3, 0.4) is 0 Å². The highest BCUT2D eigenvalue weighted by atomic mass is 16.5. The number of rotatable bonds is 26. The number of primary amides is 1. The monoisotopic (exact) mass is 755 g/mol. The fraction of sp³-hybridized carbons (Fsp3) is 0.442. The summed E-state index contributed by atoms with van der Waals surface area (Å²) in [6.07, 6.45) is 3.33. The van der Waals surface area contributed by atoms with Crippen LogP contribution in [-0.4, -0.2) is 68.8 Å². The minimum Gasteiger partial charge on any atom is -0.489 e. The summed E-state index contributed by atoms with van der Waals surface area (Å²) in [7, 11) is 3.56. The summed E-state index contributed by atoms with van der Waals surface area (Å²) in [5.41, 5.74) is 16.0. The summed E-state index contributed by atoms with van der Waals surface area (Å²) in [5, 5.41) is 15.0. The number of Topliss-reactive ketones (excluding diaryl/α,β-unsaturated/α-hetero) is 1. The maximum atomic E-state index is 14.4. The molecule has 0 aromatic heterocycles. The van der Waals surface area contributed by atoms with Crippen LogP contribution in [0.2, 0.25) is 0 Å². The highest BCUT2D eigenvalue weighted by molar-refractivity contribution is 5.95. The molecule has 12 nitrogen and oxygen atoms in total. The average Bonchev–Trinajstić information content (AvgIpc) is 3.16. The van der Waals surface area contributed by atoms with Crippen molar-refractivity contribution >= 4 is 23.5 Å². The molecule has 3 amide bonds. The van der Waals surface area contributed by atoms with Crippen LogP contribution in [0.15, 0.2) is 85.2 Å². The van der Waals surface area contributed by atoms with Crippen LogP contribution < -0.4 is 42.8 Å². The van der Waals surface area contributed by atoms with Gasteiger partial charge in [-0.1, -0.05) is 73.7 Å². The number of benzene rings is 3. The van der Waals surface area contributed by atoms with Gasteiger partial charge in [-0.15, -0.1) is 0 Å². The Hall–Kier alpha value is -5.20. The van der Waals surface area contributed by atoms with E-state index in [1.807, 2.05) is 93.7 Å². The largest absolute Gasteiger partial charge is 0.489 e. The molecule has 0 spiro atoms. The van der Waals surface area contributed by atoms with E-state index in [2.05, 4.69) is 33.2 Å². The van der Waals surface area contributed by atoms with Crippen LogP contribution in [0.25, 0.3) is 0 Å². The number of nitrogens with one attached hydrogen (secondary N) is 5. The lowest BCUT2D eigenvalue weighted by molar-refractivity contribution is -0.134. The van der Waals surface area contributed by atoms with Gasteiger partial charge in [-0.25, -0.2) is 0 Å². The fourth-order valence-corrected chi connectivity index (χ4v) is 6.55. The van der Waals surface area contributed by atoms with E-state index in [0.717, 1.165) is 40.8 Å². The molecule has 0 aliphatic carbocycles. The second-order valence-electron chi connectivity index (χ2n) is 14.1. The molecule has 3 rings (SSSR count). The lowest BCUT2D eigenvalue weighted by Crippen LogP contribution is -2.51. The van der Waals surface area contributed by atoms with Crippen molar-refractivity contribution in [2.45, 2.75) is 89.9 Å². The third-order valence-electron chi connectivity index (χ3n) is 9.71. The van der Waals surface area contributed by atoms with E-state index in [4.69, 9.17) is 16.2 Å². The van der Waals surface area contributed by atoms with Gasteiger partial charge in [0.2, 0.25) is 17.7 Å². The molecule has 298 valence electrons. The quantitative estimate of drug-likeness (QED) is 0.0602. The maximum Gasteiger partial charge on any atom is 0.240 e. The van der Waals surface area contributed by atoms with Crippen LogP contribution in [0.4, 0.5) is 0 Å². The number of carbonyl (C=O) groups is 4. The zero-order valence-corrected chi connectivity index (χ0v) is 32.9. The molecule has 0 radical (unpaired) electrons. The summed E-state index contributed by atoms with van der Waals surface area (Å²) < 4.78 is 6.11. The van der Waals surface area contributed by atoms with Gasteiger partial charge in [-0.2, -0.15) is 0 Å². The van der Waals surface area contributed by atoms with E-state index >= 15 is 0 Å². The number of unbranched alkanes of at least 4 members (excludes halogenated alkanes) is 1. The van der Waals surface area contributed by atoms with Crippen LogP contribution in [0, 0.1) is 19.8 Å². The van der Waals surface area contributed by atoms with Gasteiger partial charge in [-0.3, -0.25) is 19.2 Å². The molecule has 0 aliphatic rings. The zero-order valence-electron chi connectivity index (χ0n) is 32.9. The Morgan fingerprint density at radius 2 is 1.35 bits per heavy atom. The van der Waals surface area contributed by atoms with Crippen molar-refractivity contribution in [1.82, 2.24) is 26.6 Å². The number of ketones is 1. The fourth-order valence-electron chi connectivity index (χ4n) is 6.55. The number of hydrogen-bond acceptors (Lipinski definition) is 9. The normalized spacial score (nSPS) is 13.2. The predicted octanol–water partition coefficient (Wildman–Crippen LogP) is 3.48. The van der Waals surface area contributed by atoms with Crippen LogP contribution in [0.5, 0.6) is 5.75 Å². The zero-order chi connectivity index (χ0) is 40.2. The maximum absolute atomic E-state index is 14.4. The van der Waals surface area contributed by atoms with E-state index in [9.17, 15) is 19.2 Å². The van der Waals surface area contributed by atoms with Gasteiger partial charge in [0.05, 0.1) is 17.9 Å². The first-order chi connectivity index (χ1) is 26.4. The number of hydrogen-bond donors (Lipinski definition) is 7. The number of nitrogens with two attached hydrogens (primary N) is 2. The first-order valence-corrected chi connectivity index (χ1v) is 19.1. The highest BCUT2D eigenvalue weighted by Crippen LogP contribution is 2.25. The molecular weight excluding hydrogens is 695 g/mol. The molecule has 0 fully saturated rings. The molecule has 0 bridgehead atoms. The highest BCUT2D eigenvalue weighted by Gasteiger charge is 2.31. The standard InChI is InChI=1S/C43H61N7O5/c1-29-23-35(55-28-33-17-10-7-11-18-33)24-30(2)36(29)27-38(49-43(54)37(47-5)20-14-22-48-31(3)44)40(51)26-34(19-12-13-21-46-4)42(53)50-39(41(45)52)25-32-15-8-6-9-16-32/h6-11,15-18,23-24,34,37-39,46-48H,3,12-14,19-22,25-28,44H2,1-2,4-5H3,(H2,45,52)(H,49,54)(H,50,53)/t34-,37-,38+,39+/m1/s1. The molecule has 0 unspecified atom stereocenters. The second-order valence-corrected chi connectivity index (χ2v) is 14.1. The Labute approximate surface area is 326 Å². The van der Waals surface area contributed by atoms with Crippen molar-refractivity contribution in [3.63, 3.8) is 0 Å². The molecule has 12 heteroatoms. The van der Waals surface area contributed by atoms with E-state index in [1.165, 1.54) is 0 Å². The molecule has 0 saturated heterocycles. The molecule has 55 heavy (non-hydrogen) atoms. The Morgan fingerprint density at radius 1 is 0.727 bits per heavy atom. The molecule has 3 aromatic carbocycles. The van der Waals surface area contributed by atoms with Gasteiger partial charge in [0.15, 0.2) is 5.78 Å². The van der Waals surface area contributed by atoms with Crippen molar-refractivity contribution in [2.75, 3.05) is 27.2 Å². The van der Waals surface area contributed by atoms with Crippen molar-refractivity contribution in [2.24, 2.45) is 17.4 Å². The van der Waals surface area contributed by atoms with Crippen molar-refractivity contribution < 1.29 is 23.9 Å². The first-order valence-electron chi connectivity index (χ1n) is 19.1. The molecular formula is C43H61N7O5. The van der Waals surface area contributed by atoms with E-state index < -0.39 is 35.9 Å². The van der Waals surface area contributed by atoms with Crippen LogP contribution >= 0.6 is 0 Å². The van der Waals surface area contributed by atoms with Crippen LogP contribution in [0.1, 0.15) is 66.3 Å². The lowest BCUT2D eigenvalue weighted by Gasteiger charge is -2.26. The van der Waals surface area contributed by atoms with Crippen molar-refractivity contribution in [1.29, 1.82) is 0 Å². The minimum absolute atomic E-state index is 0.129.